The van der Waals surface area contributed by atoms with Crippen molar-refractivity contribution < 1.29 is 31.1 Å². The highest BCUT2D eigenvalue weighted by atomic mass is 19.4. The first-order valence-electron chi connectivity index (χ1n) is 5.69. The Morgan fingerprint density at radius 1 is 0.857 bits per heavy atom. The van der Waals surface area contributed by atoms with Crippen molar-refractivity contribution in [2.75, 3.05) is 0 Å². The van der Waals surface area contributed by atoms with Crippen LogP contribution in [0.1, 0.15) is 5.56 Å². The summed E-state index contributed by atoms with van der Waals surface area (Å²) in [6.45, 7) is -3.16. The lowest BCUT2D eigenvalue weighted by Crippen LogP contribution is -2.04. The van der Waals surface area contributed by atoms with E-state index >= 15 is 0 Å². The molecule has 0 bridgehead atoms. The van der Waals surface area contributed by atoms with E-state index in [9.17, 15) is 26.3 Å². The quantitative estimate of drug-likeness (QED) is 0.716. The third-order valence-electron chi connectivity index (χ3n) is 2.69. The van der Waals surface area contributed by atoms with Gasteiger partial charge in [0.25, 0.3) is 0 Å². The SMILES string of the molecule is Fc1cc(-c2ccc(C(F)(F)F)cc2)ccc1OC(F)F. The Bertz CT molecular complexity index is 618. The molecule has 0 N–H and O–H groups in total. The average molecular weight is 306 g/mol. The van der Waals surface area contributed by atoms with Gasteiger partial charge in [0.15, 0.2) is 11.6 Å². The Morgan fingerprint density at radius 2 is 1.43 bits per heavy atom. The molecule has 0 aliphatic heterocycles. The van der Waals surface area contributed by atoms with Gasteiger partial charge >= 0.3 is 12.8 Å². The van der Waals surface area contributed by atoms with Gasteiger partial charge in [0.2, 0.25) is 0 Å². The van der Waals surface area contributed by atoms with Gasteiger partial charge in [-0.05, 0) is 35.4 Å². The van der Waals surface area contributed by atoms with Crippen LogP contribution in [0.2, 0.25) is 0 Å². The van der Waals surface area contributed by atoms with Crippen LogP contribution in [0, 0.1) is 5.82 Å². The Labute approximate surface area is 115 Å². The molecule has 1 nitrogen and oxygen atoms in total. The maximum absolute atomic E-state index is 13.5. The second-order valence-corrected chi connectivity index (χ2v) is 4.10. The van der Waals surface area contributed by atoms with Crippen molar-refractivity contribution in [3.8, 4) is 16.9 Å². The molecule has 0 aliphatic rings. The van der Waals surface area contributed by atoms with E-state index in [2.05, 4.69) is 4.74 Å². The second kappa shape index (κ2) is 5.67. The van der Waals surface area contributed by atoms with E-state index in [1.54, 1.807) is 0 Å². The Kier molecular flexibility index (Phi) is 4.11. The number of hydrogen-bond donors (Lipinski definition) is 0. The summed E-state index contributed by atoms with van der Waals surface area (Å²) < 4.78 is 78.7. The van der Waals surface area contributed by atoms with Crippen LogP contribution >= 0.6 is 0 Å². The largest absolute Gasteiger partial charge is 0.432 e. The fourth-order valence-electron chi connectivity index (χ4n) is 1.72. The van der Waals surface area contributed by atoms with Crippen LogP contribution in [0.15, 0.2) is 42.5 Å². The third-order valence-corrected chi connectivity index (χ3v) is 2.69. The van der Waals surface area contributed by atoms with Crippen molar-refractivity contribution in [1.29, 1.82) is 0 Å². The summed E-state index contributed by atoms with van der Waals surface area (Å²) in [7, 11) is 0. The second-order valence-electron chi connectivity index (χ2n) is 4.10. The maximum Gasteiger partial charge on any atom is 0.416 e. The molecular weight excluding hydrogens is 298 g/mol. The van der Waals surface area contributed by atoms with Gasteiger partial charge in [-0.25, -0.2) is 4.39 Å². The molecule has 0 atom stereocenters. The molecule has 2 rings (SSSR count). The van der Waals surface area contributed by atoms with Crippen LogP contribution in [0.5, 0.6) is 5.75 Å². The highest BCUT2D eigenvalue weighted by Crippen LogP contribution is 2.32. The Balaban J connectivity index is 2.28. The van der Waals surface area contributed by atoms with Gasteiger partial charge in [-0.15, -0.1) is 0 Å². The lowest BCUT2D eigenvalue weighted by atomic mass is 10.0. The monoisotopic (exact) mass is 306 g/mol. The zero-order chi connectivity index (χ0) is 15.6. The zero-order valence-electron chi connectivity index (χ0n) is 10.3. The molecule has 0 heterocycles. The van der Waals surface area contributed by atoms with E-state index in [1.807, 2.05) is 0 Å². The minimum atomic E-state index is -4.46. The van der Waals surface area contributed by atoms with E-state index in [0.29, 0.717) is 5.56 Å². The van der Waals surface area contributed by atoms with Gasteiger partial charge in [-0.2, -0.15) is 22.0 Å². The van der Waals surface area contributed by atoms with Crippen LogP contribution in [0.4, 0.5) is 26.3 Å². The van der Waals surface area contributed by atoms with E-state index < -0.39 is 29.9 Å². The minimum absolute atomic E-state index is 0.253. The number of ether oxygens (including phenoxy) is 1. The molecule has 2 aromatic rings. The number of benzene rings is 2. The van der Waals surface area contributed by atoms with Gasteiger partial charge in [0, 0.05) is 0 Å². The van der Waals surface area contributed by atoms with Crippen molar-refractivity contribution in [3.05, 3.63) is 53.8 Å². The van der Waals surface area contributed by atoms with E-state index in [4.69, 9.17) is 0 Å². The molecule has 112 valence electrons. The summed E-state index contributed by atoms with van der Waals surface area (Å²) >= 11 is 0. The summed E-state index contributed by atoms with van der Waals surface area (Å²) in [5, 5.41) is 0. The Morgan fingerprint density at radius 3 is 1.90 bits per heavy atom. The van der Waals surface area contributed by atoms with Gasteiger partial charge in [0.05, 0.1) is 5.56 Å². The van der Waals surface area contributed by atoms with Crippen LogP contribution < -0.4 is 4.74 Å². The highest BCUT2D eigenvalue weighted by molar-refractivity contribution is 5.64. The summed E-state index contributed by atoms with van der Waals surface area (Å²) in [5.41, 5.74) is -0.252. The van der Waals surface area contributed by atoms with Gasteiger partial charge in [-0.1, -0.05) is 18.2 Å². The van der Waals surface area contributed by atoms with Crippen molar-refractivity contribution in [1.82, 2.24) is 0 Å². The first-order valence-corrected chi connectivity index (χ1v) is 5.69. The summed E-state index contributed by atoms with van der Waals surface area (Å²) in [6.07, 6.45) is -4.46. The molecule has 2 aromatic carbocycles. The van der Waals surface area contributed by atoms with E-state index in [0.717, 1.165) is 24.3 Å². The smallest absolute Gasteiger partial charge is 0.416 e. The van der Waals surface area contributed by atoms with Crippen LogP contribution in [0.25, 0.3) is 11.1 Å². The summed E-state index contributed by atoms with van der Waals surface area (Å²) in [6, 6.07) is 7.25. The molecule has 0 fully saturated rings. The van der Waals surface area contributed by atoms with Gasteiger partial charge in [0.1, 0.15) is 0 Å². The maximum atomic E-state index is 13.5. The summed E-state index contributed by atoms with van der Waals surface area (Å²) in [5.74, 6) is -1.65. The van der Waals surface area contributed by atoms with Crippen LogP contribution in [-0.4, -0.2) is 6.61 Å². The molecule has 0 unspecified atom stereocenters. The molecule has 0 saturated heterocycles. The number of halogens is 6. The molecule has 0 aromatic heterocycles. The van der Waals surface area contributed by atoms with E-state index in [1.165, 1.54) is 18.2 Å². The van der Waals surface area contributed by atoms with E-state index in [-0.39, 0.29) is 5.56 Å². The van der Waals surface area contributed by atoms with Gasteiger partial charge < -0.3 is 4.74 Å². The van der Waals surface area contributed by atoms with Gasteiger partial charge in [-0.3, -0.25) is 0 Å². The van der Waals surface area contributed by atoms with Crippen molar-refractivity contribution in [3.63, 3.8) is 0 Å². The Hall–Kier alpha value is -2.18. The fraction of sp³-hybridized carbons (Fsp3) is 0.143. The molecule has 0 aliphatic carbocycles. The standard InChI is InChI=1S/C14H8F6O/c15-11-7-9(3-6-12(11)21-13(16)17)8-1-4-10(5-2-8)14(18,19)20/h1-7,13H. The average Bonchev–Trinajstić information content (AvgIpc) is 2.40. The number of hydrogen-bond acceptors (Lipinski definition) is 1. The lowest BCUT2D eigenvalue weighted by Gasteiger charge is -2.09. The third kappa shape index (κ3) is 3.68. The van der Waals surface area contributed by atoms with Crippen molar-refractivity contribution >= 4 is 0 Å². The molecular formula is C14H8F6O. The first kappa shape index (κ1) is 15.2. The number of rotatable bonds is 3. The zero-order valence-corrected chi connectivity index (χ0v) is 10.3. The lowest BCUT2D eigenvalue weighted by molar-refractivity contribution is -0.137. The normalized spacial score (nSPS) is 11.8. The van der Waals surface area contributed by atoms with Crippen LogP contribution in [0.3, 0.4) is 0 Å². The topological polar surface area (TPSA) is 9.23 Å². The molecule has 0 saturated carbocycles. The van der Waals surface area contributed by atoms with Crippen LogP contribution in [-0.2, 0) is 6.18 Å². The first-order chi connectivity index (χ1) is 9.77. The molecule has 7 heteroatoms. The predicted molar refractivity (Wildman–Crippen MR) is 63.5 cm³/mol. The molecule has 0 spiro atoms. The molecule has 21 heavy (non-hydrogen) atoms. The highest BCUT2D eigenvalue weighted by Gasteiger charge is 2.29. The van der Waals surface area contributed by atoms with Crippen molar-refractivity contribution in [2.45, 2.75) is 12.8 Å². The number of alkyl halides is 5. The molecule has 0 amide bonds. The summed E-state index contributed by atoms with van der Waals surface area (Å²) in [4.78, 5) is 0. The fourth-order valence-corrected chi connectivity index (χ4v) is 1.72. The molecule has 0 radical (unpaired) electrons. The minimum Gasteiger partial charge on any atom is -0.432 e. The predicted octanol–water partition coefficient (Wildman–Crippen LogP) is 5.11. The van der Waals surface area contributed by atoms with Crippen molar-refractivity contribution in [2.24, 2.45) is 0 Å².